The molecule has 0 spiro atoms. The van der Waals surface area contributed by atoms with E-state index in [0.717, 1.165) is 26.7 Å². The van der Waals surface area contributed by atoms with E-state index in [1.165, 1.54) is 12.2 Å². The molecule has 21 nitrogen and oxygen atoms in total. The van der Waals surface area contributed by atoms with Crippen molar-refractivity contribution in [2.45, 2.75) is 86.8 Å². The summed E-state index contributed by atoms with van der Waals surface area (Å²) in [7, 11) is 2.21. The highest BCUT2D eigenvalue weighted by atomic mass is 16.8. The van der Waals surface area contributed by atoms with Gasteiger partial charge in [0.2, 0.25) is 12.6 Å². The summed E-state index contributed by atoms with van der Waals surface area (Å²) < 4.78 is 48.7. The largest absolute Gasteiger partial charge is 0.471 e. The smallest absolute Gasteiger partial charge is 0.337 e. The third-order valence-electron chi connectivity index (χ3n) is 9.60. The molecule has 310 valence electrons. The van der Waals surface area contributed by atoms with Gasteiger partial charge in [0.05, 0.1) is 70.7 Å². The maximum atomic E-state index is 13.4. The highest BCUT2D eigenvalue weighted by Gasteiger charge is 2.49. The molecule has 4 heterocycles. The minimum atomic E-state index is -1.83. The van der Waals surface area contributed by atoms with Crippen molar-refractivity contribution < 1.29 is 103 Å². The second-order valence-electron chi connectivity index (χ2n) is 12.8. The van der Waals surface area contributed by atoms with Crippen LogP contribution in [0.3, 0.4) is 0 Å². The Balaban J connectivity index is 1.49. The molecule has 0 bridgehead atoms. The van der Waals surface area contributed by atoms with Crippen LogP contribution in [0.25, 0.3) is 0 Å². The Morgan fingerprint density at radius 1 is 0.745 bits per heavy atom. The number of carbonyl (C=O) groups is 3. The molecular weight excluding hydrogens is 744 g/mol. The number of hydrogen-bond donors (Lipinski definition) is 9. The predicted octanol–water partition coefficient (Wildman–Crippen LogP) is -4.28. The molecule has 0 radical (unpaired) electrons. The van der Waals surface area contributed by atoms with E-state index < -0.39 is 136 Å². The minimum Gasteiger partial charge on any atom is -0.471 e. The van der Waals surface area contributed by atoms with E-state index in [2.05, 4.69) is 6.58 Å². The molecule has 0 aliphatic carbocycles. The van der Waals surface area contributed by atoms with Gasteiger partial charge in [-0.1, -0.05) is 12.2 Å². The molecule has 2 fully saturated rings. The zero-order chi connectivity index (χ0) is 40.6. The average Bonchev–Trinajstić information content (AvgIpc) is 3.18. The third-order valence-corrected chi connectivity index (χ3v) is 9.60. The third kappa shape index (κ3) is 9.89. The summed E-state index contributed by atoms with van der Waals surface area (Å²) >= 11 is 0. The van der Waals surface area contributed by atoms with Crippen LogP contribution in [-0.4, -0.2) is 179 Å². The van der Waals surface area contributed by atoms with Crippen molar-refractivity contribution in [3.8, 4) is 0 Å². The first kappa shape index (κ1) is 44.2. The van der Waals surface area contributed by atoms with Crippen LogP contribution in [0.15, 0.2) is 48.0 Å². The van der Waals surface area contributed by atoms with Gasteiger partial charge in [-0.15, -0.1) is 6.58 Å². The molecule has 0 amide bonds. The predicted molar refractivity (Wildman–Crippen MR) is 176 cm³/mol. The van der Waals surface area contributed by atoms with E-state index in [1.54, 1.807) is 0 Å². The van der Waals surface area contributed by atoms with E-state index in [1.807, 2.05) is 0 Å². The second-order valence-corrected chi connectivity index (χ2v) is 12.8. The van der Waals surface area contributed by atoms with E-state index >= 15 is 0 Å². The molecule has 0 unspecified atom stereocenters. The number of methoxy groups -OCH3 is 2. The van der Waals surface area contributed by atoms with Crippen molar-refractivity contribution in [2.75, 3.05) is 40.6 Å². The van der Waals surface area contributed by atoms with Gasteiger partial charge in [0.1, 0.15) is 48.8 Å². The molecule has 0 aromatic rings. The molecule has 4 aliphatic rings. The molecule has 0 saturated carbocycles. The molecule has 4 aliphatic heterocycles. The molecule has 21 heteroatoms. The van der Waals surface area contributed by atoms with Crippen molar-refractivity contribution in [2.24, 2.45) is 17.8 Å². The van der Waals surface area contributed by atoms with Gasteiger partial charge >= 0.3 is 17.9 Å². The SMILES string of the molecule is C=C[C@H]1[C@H](O[C@@H]2O[C@H](CO)[C@@H](O)[C@H](O)[C@H]2O)OC=C(C(=O)OC)[C@H]1CCOC(=O)C[C@@H]1C(C(=O)OC)=CO[C@@H](O[C@@H]2O[C@H](CO)[C@@H](O)[C@H](O)[C@H]2O)/C1=C\CO. The lowest BCUT2D eigenvalue weighted by molar-refractivity contribution is -0.339. The fraction of sp³-hybridized carbons (Fsp3) is 0.676. The van der Waals surface area contributed by atoms with E-state index in [4.69, 9.17) is 42.6 Å². The number of ether oxygens (including phenoxy) is 9. The molecule has 55 heavy (non-hydrogen) atoms. The van der Waals surface area contributed by atoms with Crippen LogP contribution in [0.4, 0.5) is 0 Å². The number of rotatable bonds is 15. The van der Waals surface area contributed by atoms with Gasteiger partial charge < -0.3 is 88.6 Å². The number of hydrogen-bond acceptors (Lipinski definition) is 21. The van der Waals surface area contributed by atoms with Crippen LogP contribution in [0.5, 0.6) is 0 Å². The van der Waals surface area contributed by atoms with Gasteiger partial charge in [-0.3, -0.25) is 4.79 Å². The van der Waals surface area contributed by atoms with Crippen LogP contribution in [0.1, 0.15) is 12.8 Å². The summed E-state index contributed by atoms with van der Waals surface area (Å²) in [4.78, 5) is 38.8. The molecule has 0 aromatic carbocycles. The van der Waals surface area contributed by atoms with Gasteiger partial charge in [0.25, 0.3) is 0 Å². The lowest BCUT2D eigenvalue weighted by Gasteiger charge is -2.43. The fourth-order valence-corrected chi connectivity index (χ4v) is 6.55. The van der Waals surface area contributed by atoms with E-state index in [9.17, 15) is 60.3 Å². The van der Waals surface area contributed by atoms with Gasteiger partial charge in [0, 0.05) is 23.3 Å². The highest BCUT2D eigenvalue weighted by Crippen LogP contribution is 2.39. The number of carbonyl (C=O) groups excluding carboxylic acids is 3. The lowest BCUT2D eigenvalue weighted by Crippen LogP contribution is -2.60. The first-order valence-corrected chi connectivity index (χ1v) is 17.1. The van der Waals surface area contributed by atoms with Crippen molar-refractivity contribution in [3.05, 3.63) is 48.0 Å². The molecule has 0 aromatic heterocycles. The van der Waals surface area contributed by atoms with Gasteiger partial charge in [0.15, 0.2) is 12.6 Å². The summed E-state index contributed by atoms with van der Waals surface area (Å²) in [5, 5.41) is 90.5. The Morgan fingerprint density at radius 3 is 1.82 bits per heavy atom. The Labute approximate surface area is 314 Å². The van der Waals surface area contributed by atoms with E-state index in [0.29, 0.717) is 0 Å². The zero-order valence-corrected chi connectivity index (χ0v) is 29.8. The zero-order valence-electron chi connectivity index (χ0n) is 29.8. The monoisotopic (exact) mass is 792 g/mol. The van der Waals surface area contributed by atoms with Crippen molar-refractivity contribution >= 4 is 17.9 Å². The Hall–Kier alpha value is -3.55. The average molecular weight is 793 g/mol. The van der Waals surface area contributed by atoms with Crippen molar-refractivity contribution in [1.29, 1.82) is 0 Å². The normalized spacial score (nSPS) is 38.5. The van der Waals surface area contributed by atoms with Crippen LogP contribution in [0, 0.1) is 17.8 Å². The van der Waals surface area contributed by atoms with Crippen molar-refractivity contribution in [1.82, 2.24) is 0 Å². The molecule has 9 N–H and O–H groups in total. The second kappa shape index (κ2) is 20.0. The van der Waals surface area contributed by atoms with Crippen LogP contribution < -0.4 is 0 Å². The van der Waals surface area contributed by atoms with Crippen LogP contribution in [0.2, 0.25) is 0 Å². The number of aliphatic hydroxyl groups is 9. The molecule has 15 atom stereocenters. The standard InChI is InChI=1S/C34H48O21/c1-4-14-15(18(29(45)47-2)12-50-31(14)54-33-27(43)25(41)23(39)20(10-36)52-33)6-8-49-22(38)9-17-16(5-7-35)32(51-13-19(17)30(46)48-3)55-34-28(44)26(42)24(40)21(11-37)53-34/h4-5,12-15,17,20-21,23-28,31-37,39-44H,1,6-11H2,2-3H3/b16-5-/t14-,15+,17+,20-,21-,23-,24-,25+,26+,27-,28-,31+,32+,33+,34+/m1/s1. The molecule has 2 saturated heterocycles. The Morgan fingerprint density at radius 2 is 1.29 bits per heavy atom. The lowest BCUT2D eigenvalue weighted by atomic mass is 9.81. The highest BCUT2D eigenvalue weighted by molar-refractivity contribution is 5.91. The summed E-state index contributed by atoms with van der Waals surface area (Å²) in [6.07, 6.45) is -15.3. The van der Waals surface area contributed by atoms with Crippen molar-refractivity contribution in [3.63, 3.8) is 0 Å². The summed E-state index contributed by atoms with van der Waals surface area (Å²) in [6.45, 7) is 1.33. The van der Waals surface area contributed by atoms with E-state index in [-0.39, 0.29) is 29.7 Å². The summed E-state index contributed by atoms with van der Waals surface area (Å²) in [5.74, 6) is -5.56. The number of aliphatic hydroxyl groups excluding tert-OH is 9. The summed E-state index contributed by atoms with van der Waals surface area (Å²) in [6, 6.07) is 0. The van der Waals surface area contributed by atoms with Gasteiger partial charge in [-0.2, -0.15) is 0 Å². The van der Waals surface area contributed by atoms with Gasteiger partial charge in [-0.25, -0.2) is 9.59 Å². The Kier molecular flexibility index (Phi) is 16.1. The van der Waals surface area contributed by atoms with Crippen LogP contribution in [-0.2, 0) is 57.0 Å². The molecular formula is C34H48O21. The number of esters is 3. The maximum absolute atomic E-state index is 13.4. The molecule has 4 rings (SSSR count). The Bertz CT molecular complexity index is 1430. The quantitative estimate of drug-likeness (QED) is 0.0431. The summed E-state index contributed by atoms with van der Waals surface area (Å²) in [5.41, 5.74) is -0.202. The first-order valence-electron chi connectivity index (χ1n) is 17.1. The maximum Gasteiger partial charge on any atom is 0.337 e. The van der Waals surface area contributed by atoms with Gasteiger partial charge in [-0.05, 0) is 6.42 Å². The first-order chi connectivity index (χ1) is 26.3. The van der Waals surface area contributed by atoms with Crippen LogP contribution >= 0.6 is 0 Å². The minimum absolute atomic E-state index is 0.00112. The fourth-order valence-electron chi connectivity index (χ4n) is 6.55. The topological polar surface area (TPSA) is 316 Å².